The molecule has 0 fully saturated rings. The number of benzene rings is 8. The van der Waals surface area contributed by atoms with Gasteiger partial charge in [-0.05, 0) is 117 Å². The lowest BCUT2D eigenvalue weighted by atomic mass is 10.2. The Kier molecular flexibility index (Phi) is 24.0. The third-order valence-electron chi connectivity index (χ3n) is 11.1. The van der Waals surface area contributed by atoms with Gasteiger partial charge in [0.25, 0.3) is 30.1 Å². The van der Waals surface area contributed by atoms with Crippen LogP contribution in [0.25, 0.3) is 0 Å². The summed E-state index contributed by atoms with van der Waals surface area (Å²) in [5.41, 5.74) is -1.77. The number of carbonyl (C=O) groups excluding carboxylic acids is 5. The van der Waals surface area contributed by atoms with Gasteiger partial charge in [0, 0.05) is 0 Å². The Morgan fingerprint density at radius 1 is 0.400 bits per heavy atom. The largest absolute Gasteiger partial charge is 0.444 e. The van der Waals surface area contributed by atoms with E-state index in [4.69, 9.17) is 4.74 Å². The first-order valence-corrected chi connectivity index (χ1v) is 28.1. The highest BCUT2D eigenvalue weighted by Gasteiger charge is 2.23. The Morgan fingerprint density at radius 2 is 0.729 bits per heavy atom. The molecule has 4 N–H and O–H groups in total. The molecule has 0 atom stereocenters. The van der Waals surface area contributed by atoms with Crippen LogP contribution >= 0.6 is 0 Å². The summed E-state index contributed by atoms with van der Waals surface area (Å²) >= 11 is 0. The van der Waals surface area contributed by atoms with Crippen molar-refractivity contribution < 1.29 is 89.1 Å². The van der Waals surface area contributed by atoms with Gasteiger partial charge in [-0.3, -0.25) is 38.7 Å². The minimum Gasteiger partial charge on any atom is -0.444 e. The summed E-state index contributed by atoms with van der Waals surface area (Å²) < 4.78 is 191. The molecular formula is C58H48F8N4O12S3. The second kappa shape index (κ2) is 30.1. The zero-order valence-electron chi connectivity index (χ0n) is 43.6. The molecule has 27 heteroatoms. The Labute approximate surface area is 482 Å². The Hall–Kier alpha value is -9.60. The Bertz CT molecular complexity index is 3960. The molecule has 0 saturated carbocycles. The van der Waals surface area contributed by atoms with Crippen LogP contribution in [0.4, 0.5) is 62.7 Å². The molecule has 85 heavy (non-hydrogen) atoms. The van der Waals surface area contributed by atoms with E-state index in [1.807, 2.05) is 20.2 Å². The molecule has 1 amide bonds. The van der Waals surface area contributed by atoms with Crippen molar-refractivity contribution >= 4 is 84.1 Å². The third-order valence-corrected chi connectivity index (χ3v) is 15.2. The fourth-order valence-corrected chi connectivity index (χ4v) is 10.0. The summed E-state index contributed by atoms with van der Waals surface area (Å²) in [6.07, 6.45) is -0.871. The molecule has 0 aromatic heterocycles. The first-order valence-electron chi connectivity index (χ1n) is 23.7. The molecule has 0 aliphatic rings. The summed E-state index contributed by atoms with van der Waals surface area (Å²) in [5, 5.41) is 2.12. The lowest BCUT2D eigenvalue weighted by molar-refractivity contribution is 0.110. The molecule has 0 aliphatic carbocycles. The molecule has 16 nitrogen and oxygen atoms in total. The SMILES string of the molecule is C.Cc1ccc(S(=O)(=O)Nc2ccc(F)c(C=O)c2F)cc1.Cc1ccc(S(=O)(=O)Nc2ccc(F)c(C=O)c2F)cc1.Cc1cccc(S(=O)(=O)Nc2ccc(F)c(C=O)c2F)c1.O=Cc1c(F)ccc(NC(=O)OCc2ccccc2)c1F. The number of ether oxygens (including phenoxy) is 1. The van der Waals surface area contributed by atoms with Crippen LogP contribution in [0.5, 0.6) is 0 Å². The van der Waals surface area contributed by atoms with Crippen LogP contribution in [-0.4, -0.2) is 56.5 Å². The van der Waals surface area contributed by atoms with Gasteiger partial charge < -0.3 is 4.74 Å². The fraction of sp³-hybridized carbons (Fsp3) is 0.0862. The zero-order chi connectivity index (χ0) is 62.1. The first-order chi connectivity index (χ1) is 39.7. The zero-order valence-corrected chi connectivity index (χ0v) is 46.0. The molecular weight excluding hydrogens is 1190 g/mol. The number of rotatable bonds is 16. The topological polar surface area (TPSA) is 245 Å². The number of hydrogen-bond acceptors (Lipinski definition) is 12. The Morgan fingerprint density at radius 3 is 1.07 bits per heavy atom. The molecule has 8 aromatic carbocycles. The van der Waals surface area contributed by atoms with E-state index in [-0.39, 0.29) is 59.6 Å². The van der Waals surface area contributed by atoms with E-state index in [2.05, 4.69) is 5.32 Å². The van der Waals surface area contributed by atoms with E-state index < -0.39 is 122 Å². The summed E-state index contributed by atoms with van der Waals surface area (Å²) in [4.78, 5) is 53.8. The van der Waals surface area contributed by atoms with Gasteiger partial charge in [0.15, 0.2) is 48.4 Å². The van der Waals surface area contributed by atoms with E-state index in [0.717, 1.165) is 65.2 Å². The number of hydrogen-bond donors (Lipinski definition) is 4. The number of halogens is 8. The van der Waals surface area contributed by atoms with Gasteiger partial charge in [0.1, 0.15) is 29.9 Å². The number of anilines is 4. The predicted octanol–water partition coefficient (Wildman–Crippen LogP) is 12.8. The summed E-state index contributed by atoms with van der Waals surface area (Å²) in [5.74, 6) is -9.04. The normalized spacial score (nSPS) is 10.8. The van der Waals surface area contributed by atoms with Crippen molar-refractivity contribution in [1.29, 1.82) is 0 Å². The lowest BCUT2D eigenvalue weighted by Crippen LogP contribution is -2.15. The van der Waals surface area contributed by atoms with Gasteiger partial charge in [-0.1, -0.05) is 85.3 Å². The van der Waals surface area contributed by atoms with E-state index in [1.165, 1.54) is 36.4 Å². The van der Waals surface area contributed by atoms with Crippen LogP contribution in [0.1, 0.15) is 71.1 Å². The minimum atomic E-state index is -4.02. The van der Waals surface area contributed by atoms with Crippen molar-refractivity contribution in [3.8, 4) is 0 Å². The summed E-state index contributed by atoms with van der Waals surface area (Å²) in [6, 6.07) is 33.8. The number of aldehydes is 4. The van der Waals surface area contributed by atoms with Gasteiger partial charge in [-0.15, -0.1) is 0 Å². The lowest BCUT2D eigenvalue weighted by Gasteiger charge is -2.10. The van der Waals surface area contributed by atoms with Gasteiger partial charge in [-0.25, -0.2) is 65.2 Å². The molecule has 0 spiro atoms. The molecule has 8 rings (SSSR count). The van der Waals surface area contributed by atoms with Crippen LogP contribution in [0.2, 0.25) is 0 Å². The average molecular weight is 1240 g/mol. The Balaban J connectivity index is 0.000000242. The second-order valence-electron chi connectivity index (χ2n) is 17.2. The van der Waals surface area contributed by atoms with Gasteiger partial charge in [0.05, 0.1) is 59.7 Å². The third kappa shape index (κ3) is 18.2. The molecule has 0 heterocycles. The average Bonchev–Trinajstić information content (AvgIpc) is 3.59. The molecule has 0 radical (unpaired) electrons. The molecule has 0 bridgehead atoms. The fourth-order valence-electron chi connectivity index (χ4n) is 6.74. The standard InChI is InChI=1S/C15H11F2NO3.3C14H11F2NO3S.CH4/c16-12-6-7-13(14(17)11(12)8-19)18-15(20)21-9-10-4-2-1-3-5-10;2*1-9-2-4-10(5-3-9)21(19,20)17-13-7-6-12(15)11(8-18)14(13)16;1-9-3-2-4-10(7-9)21(19,20)17-13-6-5-12(15)11(8-18)14(13)16;/h1-8H,9H2,(H,18,20);3*2-8,17H,1H3;1H4. The van der Waals surface area contributed by atoms with E-state index >= 15 is 0 Å². The monoisotopic (exact) mass is 1240 g/mol. The van der Waals surface area contributed by atoms with Crippen molar-refractivity contribution in [2.75, 3.05) is 19.5 Å². The van der Waals surface area contributed by atoms with E-state index in [9.17, 15) is 84.3 Å². The maximum absolute atomic E-state index is 13.9. The van der Waals surface area contributed by atoms with Crippen LogP contribution in [0, 0.1) is 67.3 Å². The van der Waals surface area contributed by atoms with Crippen molar-refractivity contribution in [1.82, 2.24) is 0 Å². The van der Waals surface area contributed by atoms with Gasteiger partial charge in [0.2, 0.25) is 0 Å². The van der Waals surface area contributed by atoms with Crippen LogP contribution < -0.4 is 19.5 Å². The number of aryl methyl sites for hydroxylation is 3. The number of nitrogens with one attached hydrogen (secondary N) is 4. The summed E-state index contributed by atoms with van der Waals surface area (Å²) in [6.45, 7) is 5.30. The second-order valence-corrected chi connectivity index (χ2v) is 22.3. The van der Waals surface area contributed by atoms with Crippen molar-refractivity contribution in [2.45, 2.75) is 49.5 Å². The van der Waals surface area contributed by atoms with Crippen LogP contribution in [0.15, 0.2) is 166 Å². The number of carbonyl (C=O) groups is 5. The molecule has 0 unspecified atom stereocenters. The van der Waals surface area contributed by atoms with Crippen LogP contribution in [-0.2, 0) is 41.4 Å². The van der Waals surface area contributed by atoms with Crippen molar-refractivity contribution in [3.05, 3.63) is 243 Å². The maximum Gasteiger partial charge on any atom is 0.412 e. The minimum absolute atomic E-state index is 0. The molecule has 0 aliphatic heterocycles. The first kappa shape index (κ1) is 67.9. The van der Waals surface area contributed by atoms with E-state index in [0.29, 0.717) is 5.56 Å². The summed E-state index contributed by atoms with van der Waals surface area (Å²) in [7, 11) is -12.1. The van der Waals surface area contributed by atoms with Gasteiger partial charge in [-0.2, -0.15) is 0 Å². The number of amides is 1. The highest BCUT2D eigenvalue weighted by atomic mass is 32.2. The highest BCUT2D eigenvalue weighted by Crippen LogP contribution is 2.27. The van der Waals surface area contributed by atoms with Crippen molar-refractivity contribution in [2.24, 2.45) is 0 Å². The molecule has 446 valence electrons. The van der Waals surface area contributed by atoms with Gasteiger partial charge >= 0.3 is 6.09 Å². The quantitative estimate of drug-likeness (QED) is 0.0521. The smallest absolute Gasteiger partial charge is 0.412 e. The highest BCUT2D eigenvalue weighted by molar-refractivity contribution is 7.93. The van der Waals surface area contributed by atoms with Crippen LogP contribution in [0.3, 0.4) is 0 Å². The molecule has 8 aromatic rings. The number of sulfonamides is 3. The van der Waals surface area contributed by atoms with Crippen molar-refractivity contribution in [3.63, 3.8) is 0 Å². The molecule has 0 saturated heterocycles. The predicted molar refractivity (Wildman–Crippen MR) is 300 cm³/mol. The van der Waals surface area contributed by atoms with E-state index in [1.54, 1.807) is 81.4 Å². The maximum atomic E-state index is 13.9.